The highest BCUT2D eigenvalue weighted by Crippen LogP contribution is 2.31. The van der Waals surface area contributed by atoms with E-state index >= 15 is 0 Å². The second-order valence-corrected chi connectivity index (χ2v) is 4.76. The summed E-state index contributed by atoms with van der Waals surface area (Å²) in [6.45, 7) is 0.888. The minimum atomic E-state index is 0.246. The van der Waals surface area contributed by atoms with E-state index in [-0.39, 0.29) is 11.9 Å². The number of pyridine rings is 1. The SMILES string of the molecule is O=C(CCBr)N1CCCC1c1ccncc1. The van der Waals surface area contributed by atoms with Crippen molar-refractivity contribution >= 4 is 21.8 Å². The fourth-order valence-electron chi connectivity index (χ4n) is 2.22. The lowest BCUT2D eigenvalue weighted by Gasteiger charge is -2.24. The average Bonchev–Trinajstić information content (AvgIpc) is 2.79. The van der Waals surface area contributed by atoms with Crippen LogP contribution >= 0.6 is 15.9 Å². The van der Waals surface area contributed by atoms with Crippen molar-refractivity contribution in [3.8, 4) is 0 Å². The highest BCUT2D eigenvalue weighted by Gasteiger charge is 2.29. The number of carbonyl (C=O) groups is 1. The standard InChI is InChI=1S/C12H15BrN2O/c13-6-3-12(16)15-9-1-2-11(15)10-4-7-14-8-5-10/h4-5,7-8,11H,1-3,6,9H2. The van der Waals surface area contributed by atoms with Gasteiger partial charge in [0.1, 0.15) is 0 Å². The fraction of sp³-hybridized carbons (Fsp3) is 0.500. The van der Waals surface area contributed by atoms with E-state index in [1.165, 1.54) is 5.56 Å². The van der Waals surface area contributed by atoms with Gasteiger partial charge in [-0.05, 0) is 30.5 Å². The molecule has 0 N–H and O–H groups in total. The van der Waals surface area contributed by atoms with Crippen LogP contribution in [-0.4, -0.2) is 27.7 Å². The third-order valence-electron chi connectivity index (χ3n) is 2.97. The van der Waals surface area contributed by atoms with Gasteiger partial charge in [0, 0.05) is 30.7 Å². The van der Waals surface area contributed by atoms with Crippen LogP contribution in [0.3, 0.4) is 0 Å². The molecule has 2 rings (SSSR count). The first kappa shape index (κ1) is 11.6. The zero-order valence-electron chi connectivity index (χ0n) is 9.10. The number of carbonyl (C=O) groups excluding carboxylic acids is 1. The van der Waals surface area contributed by atoms with E-state index < -0.39 is 0 Å². The molecule has 16 heavy (non-hydrogen) atoms. The fourth-order valence-corrected chi connectivity index (χ4v) is 2.56. The number of likely N-dealkylation sites (tertiary alicyclic amines) is 1. The van der Waals surface area contributed by atoms with Gasteiger partial charge in [0.05, 0.1) is 6.04 Å². The van der Waals surface area contributed by atoms with Gasteiger partial charge < -0.3 is 4.90 Å². The molecule has 0 aliphatic carbocycles. The van der Waals surface area contributed by atoms with Crippen molar-refractivity contribution < 1.29 is 4.79 Å². The highest BCUT2D eigenvalue weighted by molar-refractivity contribution is 9.09. The molecule has 0 spiro atoms. The summed E-state index contributed by atoms with van der Waals surface area (Å²) in [4.78, 5) is 17.9. The number of amides is 1. The molecule has 1 saturated heterocycles. The Balaban J connectivity index is 2.12. The maximum Gasteiger partial charge on any atom is 0.223 e. The van der Waals surface area contributed by atoms with Crippen LogP contribution in [0.15, 0.2) is 24.5 Å². The summed E-state index contributed by atoms with van der Waals surface area (Å²) in [5.41, 5.74) is 1.20. The highest BCUT2D eigenvalue weighted by atomic mass is 79.9. The van der Waals surface area contributed by atoms with Gasteiger partial charge in [-0.1, -0.05) is 15.9 Å². The molecule has 4 heteroatoms. The first-order valence-corrected chi connectivity index (χ1v) is 6.70. The predicted octanol–water partition coefficient (Wildman–Crippen LogP) is 2.53. The van der Waals surface area contributed by atoms with E-state index in [9.17, 15) is 4.79 Å². The van der Waals surface area contributed by atoms with Crippen LogP contribution in [0.25, 0.3) is 0 Å². The molecule has 0 saturated carbocycles. The quantitative estimate of drug-likeness (QED) is 0.799. The second kappa shape index (κ2) is 5.43. The summed E-state index contributed by atoms with van der Waals surface area (Å²) in [5.74, 6) is 0.246. The van der Waals surface area contributed by atoms with E-state index in [1.54, 1.807) is 12.4 Å². The molecular formula is C12H15BrN2O. The smallest absolute Gasteiger partial charge is 0.223 e. The molecule has 0 radical (unpaired) electrons. The van der Waals surface area contributed by atoms with Crippen LogP contribution in [0.1, 0.15) is 30.9 Å². The van der Waals surface area contributed by atoms with E-state index in [4.69, 9.17) is 0 Å². The summed E-state index contributed by atoms with van der Waals surface area (Å²) in [7, 11) is 0. The third kappa shape index (κ3) is 2.43. The summed E-state index contributed by atoms with van der Waals surface area (Å²) < 4.78 is 0. The molecule has 1 fully saturated rings. The van der Waals surface area contributed by atoms with Crippen LogP contribution in [-0.2, 0) is 4.79 Å². The third-order valence-corrected chi connectivity index (χ3v) is 3.37. The number of rotatable bonds is 3. The normalized spacial score (nSPS) is 20.1. The van der Waals surface area contributed by atoms with Gasteiger partial charge in [0.25, 0.3) is 0 Å². The molecular weight excluding hydrogens is 268 g/mol. The van der Waals surface area contributed by atoms with E-state index in [2.05, 4.69) is 20.9 Å². The van der Waals surface area contributed by atoms with Gasteiger partial charge in [0.2, 0.25) is 5.91 Å². The van der Waals surface area contributed by atoms with Crippen molar-refractivity contribution in [3.05, 3.63) is 30.1 Å². The van der Waals surface area contributed by atoms with Gasteiger partial charge in [-0.25, -0.2) is 0 Å². The monoisotopic (exact) mass is 282 g/mol. The van der Waals surface area contributed by atoms with Crippen molar-refractivity contribution in [2.45, 2.75) is 25.3 Å². The van der Waals surface area contributed by atoms with Gasteiger partial charge in [-0.3, -0.25) is 9.78 Å². The van der Waals surface area contributed by atoms with Gasteiger partial charge in [-0.2, -0.15) is 0 Å². The molecule has 1 aromatic rings. The minimum absolute atomic E-state index is 0.246. The second-order valence-electron chi connectivity index (χ2n) is 3.96. The molecule has 0 aromatic carbocycles. The Morgan fingerprint density at radius 1 is 1.50 bits per heavy atom. The van der Waals surface area contributed by atoms with Crippen molar-refractivity contribution in [1.29, 1.82) is 0 Å². The largest absolute Gasteiger partial charge is 0.336 e. The van der Waals surface area contributed by atoms with Gasteiger partial charge in [0.15, 0.2) is 0 Å². The molecule has 1 aliphatic heterocycles. The first-order valence-electron chi connectivity index (χ1n) is 5.58. The first-order chi connectivity index (χ1) is 7.83. The zero-order valence-corrected chi connectivity index (χ0v) is 10.7. The van der Waals surface area contributed by atoms with Gasteiger partial charge in [-0.15, -0.1) is 0 Å². The summed E-state index contributed by atoms with van der Waals surface area (Å²) in [6, 6.07) is 4.27. The van der Waals surface area contributed by atoms with Crippen LogP contribution in [0.5, 0.6) is 0 Å². The van der Waals surface area contributed by atoms with Gasteiger partial charge >= 0.3 is 0 Å². The summed E-state index contributed by atoms with van der Waals surface area (Å²) in [6.07, 6.45) is 6.34. The lowest BCUT2D eigenvalue weighted by Crippen LogP contribution is -2.30. The Labute approximate surface area is 104 Å². The van der Waals surface area contributed by atoms with Crippen molar-refractivity contribution in [1.82, 2.24) is 9.88 Å². The Bertz CT molecular complexity index is 355. The van der Waals surface area contributed by atoms with Crippen LogP contribution in [0.4, 0.5) is 0 Å². The molecule has 3 nitrogen and oxygen atoms in total. The summed E-state index contributed by atoms with van der Waals surface area (Å²) in [5, 5.41) is 0.741. The van der Waals surface area contributed by atoms with E-state index in [0.717, 1.165) is 24.7 Å². The number of nitrogens with zero attached hydrogens (tertiary/aromatic N) is 2. The zero-order chi connectivity index (χ0) is 11.4. The maximum atomic E-state index is 11.9. The Morgan fingerprint density at radius 3 is 2.94 bits per heavy atom. The minimum Gasteiger partial charge on any atom is -0.336 e. The molecule has 1 atom stereocenters. The molecule has 1 unspecified atom stereocenters. The van der Waals surface area contributed by atoms with E-state index in [0.29, 0.717) is 6.42 Å². The number of hydrogen-bond acceptors (Lipinski definition) is 2. The lowest BCUT2D eigenvalue weighted by molar-refractivity contribution is -0.131. The maximum absolute atomic E-state index is 11.9. The number of alkyl halides is 1. The topological polar surface area (TPSA) is 33.2 Å². The van der Waals surface area contributed by atoms with E-state index in [1.807, 2.05) is 17.0 Å². The summed E-state index contributed by atoms with van der Waals surface area (Å²) >= 11 is 3.32. The van der Waals surface area contributed by atoms with Crippen molar-refractivity contribution in [2.24, 2.45) is 0 Å². The molecule has 1 aromatic heterocycles. The molecule has 0 bridgehead atoms. The number of aromatic nitrogens is 1. The van der Waals surface area contributed by atoms with Crippen LogP contribution in [0.2, 0.25) is 0 Å². The Morgan fingerprint density at radius 2 is 2.25 bits per heavy atom. The van der Waals surface area contributed by atoms with Crippen molar-refractivity contribution in [2.75, 3.05) is 11.9 Å². The number of halogens is 1. The Kier molecular flexibility index (Phi) is 3.93. The van der Waals surface area contributed by atoms with Crippen LogP contribution in [0, 0.1) is 0 Å². The Hall–Kier alpha value is -0.900. The molecule has 1 amide bonds. The van der Waals surface area contributed by atoms with Crippen LogP contribution < -0.4 is 0 Å². The predicted molar refractivity (Wildman–Crippen MR) is 66.3 cm³/mol. The average molecular weight is 283 g/mol. The van der Waals surface area contributed by atoms with Crippen molar-refractivity contribution in [3.63, 3.8) is 0 Å². The lowest BCUT2D eigenvalue weighted by atomic mass is 10.1. The molecule has 2 heterocycles. The number of hydrogen-bond donors (Lipinski definition) is 0. The molecule has 1 aliphatic rings. The molecule has 86 valence electrons.